The molecule has 202 valence electrons. The van der Waals surface area contributed by atoms with Crippen LogP contribution in [0.2, 0.25) is 0 Å². The van der Waals surface area contributed by atoms with Crippen LogP contribution in [0.5, 0.6) is 0 Å². The van der Waals surface area contributed by atoms with E-state index in [0.717, 1.165) is 17.2 Å². The molecule has 1 aliphatic rings. The molecule has 39 heavy (non-hydrogen) atoms. The number of anilines is 1. The maximum atomic E-state index is 14.0. The number of carbonyl (C=O) groups excluding carboxylic acids is 3. The summed E-state index contributed by atoms with van der Waals surface area (Å²) >= 11 is 0. The highest BCUT2D eigenvalue weighted by molar-refractivity contribution is 6.01. The lowest BCUT2D eigenvalue weighted by atomic mass is 9.97. The third-order valence-corrected chi connectivity index (χ3v) is 6.74. The molecule has 2 N–H and O–H groups in total. The molecule has 0 aromatic heterocycles. The smallest absolute Gasteiger partial charge is 0.408 e. The Bertz CT molecular complexity index is 1440. The average molecular weight is 526 g/mol. The highest BCUT2D eigenvalue weighted by Crippen LogP contribution is 2.41. The fourth-order valence-electron chi connectivity index (χ4n) is 4.70. The van der Waals surface area contributed by atoms with Gasteiger partial charge in [0, 0.05) is 17.3 Å². The molecule has 0 radical (unpaired) electrons. The van der Waals surface area contributed by atoms with Gasteiger partial charge in [0.15, 0.2) is 0 Å². The van der Waals surface area contributed by atoms with Gasteiger partial charge in [0.1, 0.15) is 17.7 Å². The minimum Gasteiger partial charge on any atom is -0.444 e. The zero-order valence-corrected chi connectivity index (χ0v) is 23.0. The Kier molecular flexibility index (Phi) is 7.96. The summed E-state index contributed by atoms with van der Waals surface area (Å²) in [4.78, 5) is 42.0. The Balaban J connectivity index is 1.70. The number of alkyl carbamates (subject to hydrolysis) is 1. The quantitative estimate of drug-likeness (QED) is 0.390. The lowest BCUT2D eigenvalue weighted by Crippen LogP contribution is -2.52. The van der Waals surface area contributed by atoms with E-state index in [1.165, 1.54) is 0 Å². The topological polar surface area (TPSA) is 87.7 Å². The Morgan fingerprint density at radius 3 is 2.31 bits per heavy atom. The first-order valence-electron chi connectivity index (χ1n) is 13.2. The van der Waals surface area contributed by atoms with Gasteiger partial charge in [-0.1, -0.05) is 61.4 Å². The van der Waals surface area contributed by atoms with Crippen LogP contribution in [0.4, 0.5) is 10.5 Å². The molecule has 4 rings (SSSR count). The summed E-state index contributed by atoms with van der Waals surface area (Å²) in [5.74, 6) is 2.08. The van der Waals surface area contributed by atoms with Crippen LogP contribution in [0.1, 0.15) is 58.2 Å². The number of hydrogen-bond acceptors (Lipinski definition) is 4. The predicted octanol–water partition coefficient (Wildman–Crippen LogP) is 5.65. The molecule has 7 heteroatoms. The van der Waals surface area contributed by atoms with Gasteiger partial charge in [-0.3, -0.25) is 9.59 Å². The molecule has 4 atom stereocenters. The van der Waals surface area contributed by atoms with Gasteiger partial charge in [-0.15, -0.1) is 6.42 Å². The summed E-state index contributed by atoms with van der Waals surface area (Å²) in [6, 6.07) is 18.6. The molecule has 0 spiro atoms. The summed E-state index contributed by atoms with van der Waals surface area (Å²) in [5, 5.41) is 7.68. The number of nitrogens with one attached hydrogen (secondary N) is 2. The lowest BCUT2D eigenvalue weighted by Gasteiger charge is -2.34. The van der Waals surface area contributed by atoms with Gasteiger partial charge >= 0.3 is 6.09 Å². The molecular weight excluding hydrogens is 490 g/mol. The Labute approximate surface area is 229 Å². The molecule has 1 fully saturated rings. The van der Waals surface area contributed by atoms with Gasteiger partial charge < -0.3 is 20.3 Å². The van der Waals surface area contributed by atoms with Crippen LogP contribution < -0.4 is 10.6 Å². The van der Waals surface area contributed by atoms with Gasteiger partial charge in [0.25, 0.3) is 5.91 Å². The van der Waals surface area contributed by atoms with E-state index >= 15 is 0 Å². The van der Waals surface area contributed by atoms with Crippen LogP contribution in [0.3, 0.4) is 0 Å². The summed E-state index contributed by atoms with van der Waals surface area (Å²) in [6.07, 6.45) is 5.86. The molecule has 0 heterocycles. The van der Waals surface area contributed by atoms with E-state index < -0.39 is 23.8 Å². The van der Waals surface area contributed by atoms with E-state index in [4.69, 9.17) is 11.2 Å². The lowest BCUT2D eigenvalue weighted by molar-refractivity contribution is -0.141. The SMILES string of the molecule is C#Cc1ccccc1C(C(=O)Nc1ccc2ccccc2c1)N(C(=O)C(C)NC(=O)OC(C)(C)C)C1CC1C. The maximum absolute atomic E-state index is 14.0. The monoisotopic (exact) mass is 525 g/mol. The number of terminal acetylenes is 1. The van der Waals surface area contributed by atoms with Crippen LogP contribution >= 0.6 is 0 Å². The zero-order chi connectivity index (χ0) is 28.3. The van der Waals surface area contributed by atoms with Gasteiger partial charge in [0.05, 0.1) is 0 Å². The van der Waals surface area contributed by atoms with Crippen LogP contribution in [0.25, 0.3) is 10.8 Å². The first-order chi connectivity index (χ1) is 18.5. The summed E-state index contributed by atoms with van der Waals surface area (Å²) in [5.41, 5.74) is 0.967. The zero-order valence-electron chi connectivity index (χ0n) is 23.0. The van der Waals surface area contributed by atoms with Crippen molar-refractivity contribution in [2.24, 2.45) is 5.92 Å². The van der Waals surface area contributed by atoms with Crippen molar-refractivity contribution in [3.63, 3.8) is 0 Å². The first-order valence-corrected chi connectivity index (χ1v) is 13.2. The minimum absolute atomic E-state index is 0.182. The van der Waals surface area contributed by atoms with Crippen molar-refractivity contribution in [3.05, 3.63) is 77.9 Å². The number of fused-ring (bicyclic) bond motifs is 1. The summed E-state index contributed by atoms with van der Waals surface area (Å²) in [7, 11) is 0. The second-order valence-corrected chi connectivity index (χ2v) is 11.1. The number of amides is 3. The first kappa shape index (κ1) is 27.7. The molecule has 4 unspecified atom stereocenters. The largest absolute Gasteiger partial charge is 0.444 e. The molecule has 1 saturated carbocycles. The van der Waals surface area contributed by atoms with Crippen LogP contribution in [0, 0.1) is 18.3 Å². The highest BCUT2D eigenvalue weighted by atomic mass is 16.6. The normalized spacial score (nSPS) is 17.8. The third kappa shape index (κ3) is 6.58. The van der Waals surface area contributed by atoms with Crippen LogP contribution in [0.15, 0.2) is 66.7 Å². The fourth-order valence-corrected chi connectivity index (χ4v) is 4.70. The van der Waals surface area contributed by atoms with Gasteiger partial charge in [-0.05, 0) is 74.6 Å². The molecule has 0 bridgehead atoms. The van der Waals surface area contributed by atoms with E-state index in [-0.39, 0.29) is 23.8 Å². The van der Waals surface area contributed by atoms with E-state index in [1.54, 1.807) is 56.9 Å². The standard InChI is InChI=1S/C32H35N3O4/c1-7-22-12-10-11-15-26(22)28(29(36)34-25-17-16-23-13-8-9-14-24(23)19-25)35(27-18-20(27)2)30(37)21(3)33-31(38)39-32(4,5)6/h1,8-17,19-21,27-28H,18H2,2-6H3,(H,33,38)(H,34,36). The van der Waals surface area contributed by atoms with E-state index in [2.05, 4.69) is 16.6 Å². The van der Waals surface area contributed by atoms with Crippen molar-refractivity contribution in [1.82, 2.24) is 10.2 Å². The average Bonchev–Trinajstić information content (AvgIpc) is 3.61. The summed E-state index contributed by atoms with van der Waals surface area (Å²) in [6.45, 7) is 8.88. The van der Waals surface area contributed by atoms with Crippen molar-refractivity contribution in [2.45, 2.75) is 64.8 Å². The van der Waals surface area contributed by atoms with Crippen molar-refractivity contribution in [2.75, 3.05) is 5.32 Å². The minimum atomic E-state index is -1.01. The molecule has 7 nitrogen and oxygen atoms in total. The predicted molar refractivity (Wildman–Crippen MR) is 153 cm³/mol. The molecular formula is C32H35N3O4. The van der Waals surface area contributed by atoms with Crippen LogP contribution in [-0.4, -0.2) is 40.5 Å². The molecule has 0 saturated heterocycles. The van der Waals surface area contributed by atoms with Crippen LogP contribution in [-0.2, 0) is 14.3 Å². The van der Waals surface area contributed by atoms with Gasteiger partial charge in [0.2, 0.25) is 5.91 Å². The van der Waals surface area contributed by atoms with E-state index in [1.807, 2.05) is 49.4 Å². The number of nitrogens with zero attached hydrogens (tertiary/aromatic N) is 1. The number of rotatable bonds is 7. The molecule has 3 amide bonds. The Morgan fingerprint density at radius 2 is 1.67 bits per heavy atom. The fraction of sp³-hybridized carbons (Fsp3) is 0.344. The number of hydrogen-bond donors (Lipinski definition) is 2. The Morgan fingerprint density at radius 1 is 1.03 bits per heavy atom. The highest BCUT2D eigenvalue weighted by Gasteiger charge is 2.48. The molecule has 1 aliphatic carbocycles. The molecule has 0 aliphatic heterocycles. The number of ether oxygens (including phenoxy) is 1. The van der Waals surface area contributed by atoms with E-state index in [9.17, 15) is 14.4 Å². The van der Waals surface area contributed by atoms with E-state index in [0.29, 0.717) is 16.8 Å². The second kappa shape index (κ2) is 11.2. The molecule has 3 aromatic carbocycles. The number of benzene rings is 3. The molecule has 3 aromatic rings. The van der Waals surface area contributed by atoms with Gasteiger partial charge in [-0.2, -0.15) is 0 Å². The van der Waals surface area contributed by atoms with Crippen molar-refractivity contribution >= 4 is 34.4 Å². The second-order valence-electron chi connectivity index (χ2n) is 11.1. The number of carbonyl (C=O) groups is 3. The van der Waals surface area contributed by atoms with Gasteiger partial charge in [-0.25, -0.2) is 4.79 Å². The van der Waals surface area contributed by atoms with Crippen molar-refractivity contribution < 1.29 is 19.1 Å². The Hall–Kier alpha value is -4.31. The van der Waals surface area contributed by atoms with Crippen molar-refractivity contribution in [3.8, 4) is 12.3 Å². The maximum Gasteiger partial charge on any atom is 0.408 e. The van der Waals surface area contributed by atoms with Crippen molar-refractivity contribution in [1.29, 1.82) is 0 Å². The third-order valence-electron chi connectivity index (χ3n) is 6.74. The summed E-state index contributed by atoms with van der Waals surface area (Å²) < 4.78 is 5.35.